The van der Waals surface area contributed by atoms with Gasteiger partial charge in [0.05, 0.1) is 6.04 Å². The molecule has 0 radical (unpaired) electrons. The lowest BCUT2D eigenvalue weighted by atomic mass is 10.1. The third-order valence-corrected chi connectivity index (χ3v) is 3.71. The Morgan fingerprint density at radius 3 is 2.04 bits per heavy atom. The van der Waals surface area contributed by atoms with Crippen LogP contribution in [-0.2, 0) is 9.59 Å². The molecular weight excluding hydrogens is 321 g/mol. The van der Waals surface area contributed by atoms with E-state index < -0.39 is 6.04 Å². The second-order valence-electron chi connectivity index (χ2n) is 5.91. The Hall–Kier alpha value is -2.89. The van der Waals surface area contributed by atoms with Crippen LogP contribution in [0.15, 0.2) is 48.5 Å². The summed E-state index contributed by atoms with van der Waals surface area (Å²) in [5.74, 6) is -0.606. The second kappa shape index (κ2) is 8.28. The summed E-state index contributed by atoms with van der Waals surface area (Å²) < 4.78 is 13.0. The monoisotopic (exact) mass is 343 g/mol. The molecule has 2 amide bonds. The van der Waals surface area contributed by atoms with Crippen LogP contribution in [0.2, 0.25) is 0 Å². The zero-order valence-corrected chi connectivity index (χ0v) is 14.5. The Morgan fingerprint density at radius 2 is 1.48 bits per heavy atom. The number of hydrogen-bond donors (Lipinski definition) is 3. The van der Waals surface area contributed by atoms with Gasteiger partial charge in [0.15, 0.2) is 0 Å². The van der Waals surface area contributed by atoms with Crippen LogP contribution < -0.4 is 16.0 Å². The summed E-state index contributed by atoms with van der Waals surface area (Å²) in [6.45, 7) is 5.05. The molecule has 0 unspecified atom stereocenters. The fourth-order valence-corrected chi connectivity index (χ4v) is 2.34. The minimum atomic E-state index is -0.450. The number of rotatable bonds is 6. The maximum Gasteiger partial charge on any atom is 0.242 e. The molecular formula is C19H22FN3O2. The smallest absolute Gasteiger partial charge is 0.242 e. The van der Waals surface area contributed by atoms with Gasteiger partial charge in [-0.2, -0.15) is 0 Å². The van der Waals surface area contributed by atoms with E-state index in [1.54, 1.807) is 43.3 Å². The predicted molar refractivity (Wildman–Crippen MR) is 96.8 cm³/mol. The van der Waals surface area contributed by atoms with Crippen molar-refractivity contribution in [1.82, 2.24) is 5.32 Å². The highest BCUT2D eigenvalue weighted by Gasteiger charge is 2.16. The van der Waals surface area contributed by atoms with Gasteiger partial charge < -0.3 is 16.0 Å². The Kier molecular flexibility index (Phi) is 6.11. The molecule has 2 aromatic rings. The molecule has 0 fully saturated rings. The highest BCUT2D eigenvalue weighted by atomic mass is 19.1. The van der Waals surface area contributed by atoms with Crippen LogP contribution >= 0.6 is 0 Å². The van der Waals surface area contributed by atoms with Crippen molar-refractivity contribution < 1.29 is 14.0 Å². The summed E-state index contributed by atoms with van der Waals surface area (Å²) in [6.07, 6.45) is 0. The topological polar surface area (TPSA) is 70.2 Å². The molecule has 132 valence electrons. The summed E-state index contributed by atoms with van der Waals surface area (Å²) >= 11 is 0. The first-order valence-electron chi connectivity index (χ1n) is 8.05. The molecule has 0 aliphatic carbocycles. The van der Waals surface area contributed by atoms with Gasteiger partial charge in [-0.25, -0.2) is 4.39 Å². The largest absolute Gasteiger partial charge is 0.374 e. The summed E-state index contributed by atoms with van der Waals surface area (Å²) in [5.41, 5.74) is 2.30. The normalized spacial score (nSPS) is 12.8. The Morgan fingerprint density at radius 1 is 0.920 bits per heavy atom. The number of halogens is 1. The van der Waals surface area contributed by atoms with E-state index in [1.165, 1.54) is 19.1 Å². The van der Waals surface area contributed by atoms with Gasteiger partial charge in [0, 0.05) is 18.3 Å². The molecule has 0 aromatic heterocycles. The first kappa shape index (κ1) is 18.4. The number of hydrogen-bond acceptors (Lipinski definition) is 3. The van der Waals surface area contributed by atoms with Gasteiger partial charge in [0.1, 0.15) is 11.9 Å². The van der Waals surface area contributed by atoms with Crippen LogP contribution in [0.1, 0.15) is 32.4 Å². The van der Waals surface area contributed by atoms with Gasteiger partial charge >= 0.3 is 0 Å². The summed E-state index contributed by atoms with van der Waals surface area (Å²) in [7, 11) is 0. The van der Waals surface area contributed by atoms with Crippen LogP contribution in [0.25, 0.3) is 0 Å². The molecule has 2 rings (SSSR count). The van der Waals surface area contributed by atoms with Crippen molar-refractivity contribution in [2.45, 2.75) is 32.9 Å². The molecule has 2 atom stereocenters. The Labute approximate surface area is 146 Å². The molecule has 0 saturated carbocycles. The molecule has 0 heterocycles. The zero-order valence-electron chi connectivity index (χ0n) is 14.5. The maximum atomic E-state index is 13.0. The van der Waals surface area contributed by atoms with E-state index in [0.29, 0.717) is 5.69 Å². The quantitative estimate of drug-likeness (QED) is 0.752. The lowest BCUT2D eigenvalue weighted by Crippen LogP contribution is -2.38. The van der Waals surface area contributed by atoms with Crippen LogP contribution in [0.3, 0.4) is 0 Å². The number of anilines is 2. The molecule has 0 bridgehead atoms. The van der Waals surface area contributed by atoms with Crippen LogP contribution in [0.4, 0.5) is 15.8 Å². The highest BCUT2D eigenvalue weighted by Crippen LogP contribution is 2.16. The minimum absolute atomic E-state index is 0.136. The van der Waals surface area contributed by atoms with E-state index in [-0.39, 0.29) is 23.7 Å². The fourth-order valence-electron chi connectivity index (χ4n) is 2.34. The van der Waals surface area contributed by atoms with E-state index in [2.05, 4.69) is 16.0 Å². The summed E-state index contributed by atoms with van der Waals surface area (Å²) in [6, 6.07) is 12.5. The standard InChI is InChI=1S/C19H22FN3O2/c1-12(15-4-6-16(20)7-5-15)22-19(25)13(2)21-17-8-10-18(11-9-17)23-14(3)24/h4-13,21H,1-3H3,(H,22,25)(H,23,24)/t12-,13+/m1/s1. The van der Waals surface area contributed by atoms with E-state index in [9.17, 15) is 14.0 Å². The Balaban J connectivity index is 1.91. The van der Waals surface area contributed by atoms with Gasteiger partial charge in [-0.15, -0.1) is 0 Å². The van der Waals surface area contributed by atoms with Crippen LogP contribution in [0.5, 0.6) is 0 Å². The maximum absolute atomic E-state index is 13.0. The van der Waals surface area contributed by atoms with Gasteiger partial charge in [-0.05, 0) is 55.8 Å². The molecule has 3 N–H and O–H groups in total. The van der Waals surface area contributed by atoms with Crippen molar-refractivity contribution in [1.29, 1.82) is 0 Å². The van der Waals surface area contributed by atoms with E-state index in [0.717, 1.165) is 11.3 Å². The molecule has 0 aliphatic heterocycles. The van der Waals surface area contributed by atoms with Crippen molar-refractivity contribution in [2.75, 3.05) is 10.6 Å². The van der Waals surface area contributed by atoms with Crippen molar-refractivity contribution in [3.05, 3.63) is 59.9 Å². The molecule has 6 heteroatoms. The van der Waals surface area contributed by atoms with Crippen molar-refractivity contribution in [3.8, 4) is 0 Å². The summed E-state index contributed by atoms with van der Waals surface area (Å²) in [4.78, 5) is 23.3. The van der Waals surface area contributed by atoms with Crippen LogP contribution in [-0.4, -0.2) is 17.9 Å². The van der Waals surface area contributed by atoms with Crippen molar-refractivity contribution in [2.24, 2.45) is 0 Å². The fraction of sp³-hybridized carbons (Fsp3) is 0.263. The molecule has 0 spiro atoms. The van der Waals surface area contributed by atoms with Crippen LogP contribution in [0, 0.1) is 5.82 Å². The molecule has 25 heavy (non-hydrogen) atoms. The summed E-state index contributed by atoms with van der Waals surface area (Å²) in [5, 5.41) is 8.68. The van der Waals surface area contributed by atoms with E-state index in [4.69, 9.17) is 0 Å². The van der Waals surface area contributed by atoms with Crippen molar-refractivity contribution in [3.63, 3.8) is 0 Å². The molecule has 5 nitrogen and oxygen atoms in total. The minimum Gasteiger partial charge on any atom is -0.374 e. The highest BCUT2D eigenvalue weighted by molar-refractivity contribution is 5.89. The number of carbonyl (C=O) groups is 2. The average Bonchev–Trinajstić information content (AvgIpc) is 2.56. The third kappa shape index (κ3) is 5.60. The second-order valence-corrected chi connectivity index (χ2v) is 5.91. The number of amides is 2. The number of carbonyl (C=O) groups excluding carboxylic acids is 2. The average molecular weight is 343 g/mol. The molecule has 0 aliphatic rings. The SMILES string of the molecule is CC(=O)Nc1ccc(N[C@@H](C)C(=O)N[C@H](C)c2ccc(F)cc2)cc1. The number of nitrogens with one attached hydrogen (secondary N) is 3. The zero-order chi connectivity index (χ0) is 18.4. The third-order valence-electron chi connectivity index (χ3n) is 3.71. The van der Waals surface area contributed by atoms with Crippen molar-refractivity contribution >= 4 is 23.2 Å². The van der Waals surface area contributed by atoms with Gasteiger partial charge in [-0.3, -0.25) is 9.59 Å². The number of benzene rings is 2. The lowest BCUT2D eigenvalue weighted by Gasteiger charge is -2.19. The van der Waals surface area contributed by atoms with Gasteiger partial charge in [-0.1, -0.05) is 12.1 Å². The molecule has 2 aromatic carbocycles. The molecule has 0 saturated heterocycles. The lowest BCUT2D eigenvalue weighted by molar-refractivity contribution is -0.122. The predicted octanol–water partition coefficient (Wildman–Crippen LogP) is 3.46. The van der Waals surface area contributed by atoms with Gasteiger partial charge in [0.2, 0.25) is 11.8 Å². The Bertz CT molecular complexity index is 729. The van der Waals surface area contributed by atoms with Gasteiger partial charge in [0.25, 0.3) is 0 Å². The van der Waals surface area contributed by atoms with E-state index >= 15 is 0 Å². The van der Waals surface area contributed by atoms with E-state index in [1.807, 2.05) is 6.92 Å². The first-order chi connectivity index (χ1) is 11.8. The first-order valence-corrected chi connectivity index (χ1v) is 8.05.